The zero-order chi connectivity index (χ0) is 27.6. The number of hydrogen-bond acceptors (Lipinski definition) is 1. The summed E-state index contributed by atoms with van der Waals surface area (Å²) in [5, 5.41) is 3.72. The maximum atomic E-state index is 13.3. The van der Waals surface area contributed by atoms with E-state index in [4.69, 9.17) is 0 Å². The van der Waals surface area contributed by atoms with E-state index in [0.717, 1.165) is 43.0 Å². The van der Waals surface area contributed by atoms with E-state index in [1.54, 1.807) is 7.05 Å². The maximum Gasteiger partial charge on any atom is 0.435 e. The maximum absolute atomic E-state index is 13.3. The first-order chi connectivity index (χ1) is 17.4. The smallest absolute Gasteiger partial charge is 0.261 e. The predicted octanol–water partition coefficient (Wildman–Crippen LogP) is 7.26. The van der Waals surface area contributed by atoms with E-state index >= 15 is 0 Å². The van der Waals surface area contributed by atoms with Gasteiger partial charge in [0.1, 0.15) is 12.2 Å². The molecular weight excluding hydrogens is 473 g/mol. The summed E-state index contributed by atoms with van der Waals surface area (Å²) in [6.07, 6.45) is 7.66. The van der Waals surface area contributed by atoms with Gasteiger partial charge in [0.25, 0.3) is 0 Å². The molecule has 0 bridgehead atoms. The van der Waals surface area contributed by atoms with Crippen molar-refractivity contribution in [3.8, 4) is 11.4 Å². The van der Waals surface area contributed by atoms with Gasteiger partial charge in [0.15, 0.2) is 29.3 Å². The third kappa shape index (κ3) is 4.85. The molecule has 3 heterocycles. The number of allylic oxidation sites excluding steroid dienone is 3. The molecular formula is C30H41F3N4+2. The van der Waals surface area contributed by atoms with Crippen LogP contribution in [0.1, 0.15) is 72.9 Å². The van der Waals surface area contributed by atoms with Crippen molar-refractivity contribution < 1.29 is 22.3 Å². The second kappa shape index (κ2) is 10.8. The Kier molecular flexibility index (Phi) is 8.35. The molecule has 0 saturated heterocycles. The van der Waals surface area contributed by atoms with Crippen molar-refractivity contribution >= 4 is 5.71 Å². The summed E-state index contributed by atoms with van der Waals surface area (Å²) in [4.78, 5) is 0. The van der Waals surface area contributed by atoms with Crippen molar-refractivity contribution in [2.75, 3.05) is 0 Å². The Morgan fingerprint density at radius 3 is 2.41 bits per heavy atom. The van der Waals surface area contributed by atoms with Gasteiger partial charge in [-0.15, -0.1) is 0 Å². The van der Waals surface area contributed by atoms with Crippen molar-refractivity contribution in [3.63, 3.8) is 0 Å². The molecule has 0 fully saturated rings. The van der Waals surface area contributed by atoms with E-state index in [1.807, 2.05) is 35.9 Å². The minimum Gasteiger partial charge on any atom is -0.261 e. The van der Waals surface area contributed by atoms with Gasteiger partial charge < -0.3 is 0 Å². The van der Waals surface area contributed by atoms with Crippen LogP contribution in [0.3, 0.4) is 0 Å². The first kappa shape index (κ1) is 28.6. The van der Waals surface area contributed by atoms with E-state index in [-0.39, 0.29) is 11.0 Å². The SMILES string of the molecule is C=C1C(=CC)C(CC)(CCC[n+]2ccccc2-c2cc(C(F)(F)F)nn2C)C(C)(CC)[N+](C=CC)=C1C. The van der Waals surface area contributed by atoms with Gasteiger partial charge in [0, 0.05) is 57.5 Å². The monoisotopic (exact) mass is 514 g/mol. The molecule has 0 N–H and O–H groups in total. The molecule has 2 unspecified atom stereocenters. The van der Waals surface area contributed by atoms with E-state index in [9.17, 15) is 13.2 Å². The zero-order valence-electron chi connectivity index (χ0n) is 23.3. The molecule has 7 heteroatoms. The van der Waals surface area contributed by atoms with Gasteiger partial charge in [0.05, 0.1) is 5.41 Å². The summed E-state index contributed by atoms with van der Waals surface area (Å²) in [7, 11) is 1.56. The molecule has 2 aromatic heterocycles. The van der Waals surface area contributed by atoms with Crippen LogP contribution in [0.5, 0.6) is 0 Å². The Morgan fingerprint density at radius 2 is 1.86 bits per heavy atom. The molecule has 200 valence electrons. The molecule has 2 aromatic rings. The first-order valence-corrected chi connectivity index (χ1v) is 13.1. The number of hydrogen-bond donors (Lipinski definition) is 0. The van der Waals surface area contributed by atoms with Crippen LogP contribution in [0, 0.1) is 5.41 Å². The zero-order valence-corrected chi connectivity index (χ0v) is 23.3. The summed E-state index contributed by atoms with van der Waals surface area (Å²) in [6, 6.07) is 6.76. The standard InChI is InChI=1S/C30H41F3N4/c1-9-18-37-23(6)22(5)24(10-2)29(12-4,28(37,7)11-3)17-15-20-36-19-14-13-16-25(36)26-21-27(30(31,32)33)34-35(26)8/h9-10,13-14,16,18-19,21H,5,11-12,15,17,20H2,1-4,6-8H3/q+2. The van der Waals surface area contributed by atoms with Crippen molar-refractivity contribution in [3.05, 3.63) is 72.2 Å². The highest BCUT2D eigenvalue weighted by atomic mass is 19.4. The molecule has 37 heavy (non-hydrogen) atoms. The fraction of sp³-hybridized carbons (Fsp3) is 0.500. The van der Waals surface area contributed by atoms with E-state index in [0.29, 0.717) is 12.2 Å². The second-order valence-electron chi connectivity index (χ2n) is 10.1. The number of halogens is 3. The third-order valence-electron chi connectivity index (χ3n) is 8.46. The third-order valence-corrected chi connectivity index (χ3v) is 8.46. The molecule has 1 aliphatic heterocycles. The predicted molar refractivity (Wildman–Crippen MR) is 143 cm³/mol. The Balaban J connectivity index is 2.00. The number of aromatic nitrogens is 3. The average molecular weight is 515 g/mol. The normalized spacial score (nSPS) is 24.1. The molecule has 0 amide bonds. The molecule has 3 rings (SSSR count). The number of alkyl halides is 3. The van der Waals surface area contributed by atoms with Crippen LogP contribution >= 0.6 is 0 Å². The summed E-state index contributed by atoms with van der Waals surface area (Å²) in [5.74, 6) is 0. The van der Waals surface area contributed by atoms with Gasteiger partial charge in [-0.1, -0.05) is 26.5 Å². The number of rotatable bonds is 8. The molecule has 0 aliphatic carbocycles. The first-order valence-electron chi connectivity index (χ1n) is 13.1. The molecule has 1 aliphatic rings. The highest BCUT2D eigenvalue weighted by Crippen LogP contribution is 2.54. The van der Waals surface area contributed by atoms with Gasteiger partial charge >= 0.3 is 6.18 Å². The van der Waals surface area contributed by atoms with E-state index in [1.165, 1.54) is 16.0 Å². The lowest BCUT2D eigenvalue weighted by molar-refractivity contribution is -0.687. The van der Waals surface area contributed by atoms with E-state index < -0.39 is 11.9 Å². The highest BCUT2D eigenvalue weighted by Gasteiger charge is 2.59. The number of aryl methyl sites for hydroxylation is 2. The molecule has 0 saturated carbocycles. The average Bonchev–Trinajstić information content (AvgIpc) is 3.27. The fourth-order valence-electron chi connectivity index (χ4n) is 6.36. The number of pyridine rings is 1. The van der Waals surface area contributed by atoms with Crippen LogP contribution in [0.25, 0.3) is 11.4 Å². The highest BCUT2D eigenvalue weighted by molar-refractivity contribution is 5.99. The summed E-state index contributed by atoms with van der Waals surface area (Å²) in [6.45, 7) is 18.3. The quantitative estimate of drug-likeness (QED) is 0.340. The van der Waals surface area contributed by atoms with Crippen LogP contribution in [0.2, 0.25) is 0 Å². The fourth-order valence-corrected chi connectivity index (χ4v) is 6.36. The largest absolute Gasteiger partial charge is 0.435 e. The summed E-state index contributed by atoms with van der Waals surface area (Å²) < 4.78 is 45.7. The second-order valence-corrected chi connectivity index (χ2v) is 10.1. The lowest BCUT2D eigenvalue weighted by Crippen LogP contribution is -2.58. The van der Waals surface area contributed by atoms with Crippen LogP contribution in [0.15, 0.2) is 66.5 Å². The minimum absolute atomic E-state index is 0.127. The van der Waals surface area contributed by atoms with Crippen molar-refractivity contribution in [1.82, 2.24) is 9.78 Å². The Labute approximate surface area is 219 Å². The molecule has 0 aromatic carbocycles. The van der Waals surface area contributed by atoms with Crippen LogP contribution in [-0.4, -0.2) is 25.6 Å². The topological polar surface area (TPSA) is 24.7 Å². The van der Waals surface area contributed by atoms with Crippen LogP contribution in [0.4, 0.5) is 13.2 Å². The minimum atomic E-state index is -4.48. The van der Waals surface area contributed by atoms with Crippen LogP contribution < -0.4 is 4.57 Å². The van der Waals surface area contributed by atoms with Gasteiger partial charge in [-0.2, -0.15) is 27.4 Å². The van der Waals surface area contributed by atoms with Gasteiger partial charge in [-0.05, 0) is 44.4 Å². The van der Waals surface area contributed by atoms with Gasteiger partial charge in [-0.25, -0.2) is 0 Å². The lowest BCUT2D eigenvalue weighted by Gasteiger charge is -2.49. The molecule has 0 radical (unpaired) electrons. The summed E-state index contributed by atoms with van der Waals surface area (Å²) in [5.41, 5.74) is 3.58. The Hall–Kier alpha value is -2.96. The van der Waals surface area contributed by atoms with Crippen molar-refractivity contribution in [1.29, 1.82) is 0 Å². The van der Waals surface area contributed by atoms with Gasteiger partial charge in [0.2, 0.25) is 5.69 Å². The van der Waals surface area contributed by atoms with Gasteiger partial charge in [-0.3, -0.25) is 4.68 Å². The lowest BCUT2D eigenvalue weighted by atomic mass is 9.56. The van der Waals surface area contributed by atoms with Crippen molar-refractivity contribution in [2.45, 2.75) is 85.5 Å². The molecule has 2 atom stereocenters. The Bertz CT molecular complexity index is 1250. The van der Waals surface area contributed by atoms with Crippen LogP contribution in [-0.2, 0) is 19.8 Å². The van der Waals surface area contributed by atoms with Crippen molar-refractivity contribution in [2.24, 2.45) is 12.5 Å². The summed E-state index contributed by atoms with van der Waals surface area (Å²) >= 11 is 0. The Morgan fingerprint density at radius 1 is 1.16 bits per heavy atom. The molecule has 4 nitrogen and oxygen atoms in total. The molecule has 0 spiro atoms. The van der Waals surface area contributed by atoms with E-state index in [2.05, 4.69) is 69.2 Å². The number of nitrogens with zero attached hydrogens (tertiary/aromatic N) is 4.